The van der Waals surface area contributed by atoms with E-state index in [1.54, 1.807) is 0 Å². The number of rotatable bonds is 10. The van der Waals surface area contributed by atoms with Crippen molar-refractivity contribution in [2.45, 2.75) is 54.1 Å². The zero-order valence-corrected chi connectivity index (χ0v) is 23.4. The lowest BCUT2D eigenvalue weighted by Gasteiger charge is -2.35. The number of hydrogen-bond acceptors (Lipinski definition) is 7. The molecule has 5 N–H and O–H groups in total. The van der Waals surface area contributed by atoms with Crippen molar-refractivity contribution in [3.05, 3.63) is 47.0 Å². The van der Waals surface area contributed by atoms with Crippen molar-refractivity contribution >= 4 is 23.1 Å². The van der Waals surface area contributed by atoms with Crippen molar-refractivity contribution in [1.29, 1.82) is 0 Å². The van der Waals surface area contributed by atoms with Gasteiger partial charge in [0.1, 0.15) is 0 Å². The lowest BCUT2D eigenvalue weighted by Crippen LogP contribution is -2.44. The molecule has 5 rings (SSSR count). The lowest BCUT2D eigenvalue weighted by atomic mass is 9.98. The summed E-state index contributed by atoms with van der Waals surface area (Å²) in [6, 6.07) is 9.32. The summed E-state index contributed by atoms with van der Waals surface area (Å²) in [5.74, 6) is 0. The molecule has 2 saturated heterocycles. The van der Waals surface area contributed by atoms with Gasteiger partial charge in [0.2, 0.25) is 0 Å². The molecule has 3 aliphatic rings. The molecule has 0 atom stereocenters. The molecule has 0 saturated carbocycles. The first kappa shape index (κ1) is 28.5. The van der Waals surface area contributed by atoms with Crippen LogP contribution in [0.1, 0.15) is 42.4 Å². The molecule has 10 heteroatoms. The van der Waals surface area contributed by atoms with Crippen LogP contribution in [0.15, 0.2) is 40.1 Å². The summed E-state index contributed by atoms with van der Waals surface area (Å²) in [6.07, 6.45) is 0.457. The number of nitrogens with two attached hydrogens (primary N) is 2. The smallest absolute Gasteiger partial charge is 0.382 e. The zero-order valence-electron chi connectivity index (χ0n) is 22.6. The highest BCUT2D eigenvalue weighted by Gasteiger charge is 2.34. The van der Waals surface area contributed by atoms with Crippen LogP contribution in [0.2, 0.25) is 0 Å². The van der Waals surface area contributed by atoms with Gasteiger partial charge in [-0.1, -0.05) is 17.8 Å². The Morgan fingerprint density at radius 2 is 1.64 bits per heavy atom. The topological polar surface area (TPSA) is 73.8 Å². The number of hydrogen-bond donors (Lipinski definition) is 3. The van der Waals surface area contributed by atoms with Crippen LogP contribution in [0, 0.1) is 0 Å². The number of fused-ring (bicyclic) bond motifs is 2. The molecule has 0 spiro atoms. The maximum absolute atomic E-state index is 13.9. The summed E-state index contributed by atoms with van der Waals surface area (Å²) in [4.78, 5) is 8.89. The molecule has 6 nitrogen and oxygen atoms in total. The molecule has 2 fully saturated rings. The van der Waals surface area contributed by atoms with Gasteiger partial charge in [-0.05, 0) is 61.1 Å². The minimum absolute atomic E-state index is 0.155. The van der Waals surface area contributed by atoms with Gasteiger partial charge in [-0.2, -0.15) is 13.2 Å². The van der Waals surface area contributed by atoms with Gasteiger partial charge in [0, 0.05) is 99.1 Å². The molecule has 0 aromatic heterocycles. The van der Waals surface area contributed by atoms with Gasteiger partial charge >= 0.3 is 6.18 Å². The zero-order chi connectivity index (χ0) is 27.4. The highest BCUT2D eigenvalue weighted by Crippen LogP contribution is 2.46. The van der Waals surface area contributed by atoms with E-state index in [9.17, 15) is 13.2 Å². The van der Waals surface area contributed by atoms with Crippen molar-refractivity contribution in [3.8, 4) is 0 Å². The first-order valence-electron chi connectivity index (χ1n) is 14.3. The van der Waals surface area contributed by atoms with Crippen LogP contribution < -0.4 is 21.7 Å². The summed E-state index contributed by atoms with van der Waals surface area (Å²) in [5, 5.41) is 3.54. The first-order valence-corrected chi connectivity index (χ1v) is 15.1. The van der Waals surface area contributed by atoms with Crippen molar-refractivity contribution in [2.24, 2.45) is 11.5 Å². The van der Waals surface area contributed by atoms with Crippen LogP contribution in [-0.2, 0) is 12.6 Å². The second-order valence-corrected chi connectivity index (χ2v) is 12.0. The molecule has 2 aromatic rings. The monoisotopic (exact) mass is 562 g/mol. The maximum atomic E-state index is 13.9. The van der Waals surface area contributed by atoms with E-state index in [4.69, 9.17) is 11.5 Å². The fourth-order valence-electron chi connectivity index (χ4n) is 5.98. The number of piperidine rings is 1. The number of nitrogens with zero attached hydrogens (tertiary/aromatic N) is 3. The van der Waals surface area contributed by atoms with Crippen molar-refractivity contribution < 1.29 is 13.2 Å². The summed E-state index contributed by atoms with van der Waals surface area (Å²) in [6.45, 7) is 8.76. The van der Waals surface area contributed by atoms with Crippen LogP contribution in [0.25, 0.3) is 0 Å². The van der Waals surface area contributed by atoms with E-state index in [1.165, 1.54) is 48.0 Å². The molecular formula is C29H41F3N6S. The highest BCUT2D eigenvalue weighted by molar-refractivity contribution is 7.99. The molecule has 3 heterocycles. The van der Waals surface area contributed by atoms with Crippen LogP contribution in [0.5, 0.6) is 0 Å². The third-order valence-corrected chi connectivity index (χ3v) is 9.40. The number of alkyl halides is 3. The van der Waals surface area contributed by atoms with Gasteiger partial charge in [0.25, 0.3) is 0 Å². The number of anilines is 2. The average Bonchev–Trinajstić information content (AvgIpc) is 3.46. The van der Waals surface area contributed by atoms with Crippen LogP contribution in [-0.4, -0.2) is 81.3 Å². The SMILES string of the molecule is NCCN(CCN)CCN1CCC(Nc2cc(C(F)(F)F)cc3c2Cc2ccc(N4CCCC4)cc2S3)CC1. The Kier molecular flexibility index (Phi) is 9.28. The molecule has 2 aromatic carbocycles. The molecular weight excluding hydrogens is 521 g/mol. The number of nitrogens with one attached hydrogen (secondary N) is 1. The summed E-state index contributed by atoms with van der Waals surface area (Å²) < 4.78 is 41.8. The molecule has 0 radical (unpaired) electrons. The quantitative estimate of drug-likeness (QED) is 0.337. The second-order valence-electron chi connectivity index (χ2n) is 10.9. The Bertz CT molecular complexity index is 1110. The third-order valence-electron chi connectivity index (χ3n) is 8.22. The average molecular weight is 563 g/mol. The van der Waals surface area contributed by atoms with E-state index in [0.717, 1.165) is 80.6 Å². The largest absolute Gasteiger partial charge is 0.416 e. The Balaban J connectivity index is 1.27. The van der Waals surface area contributed by atoms with E-state index >= 15 is 0 Å². The van der Waals surface area contributed by atoms with Gasteiger partial charge in [-0.15, -0.1) is 0 Å². The van der Waals surface area contributed by atoms with Crippen molar-refractivity contribution in [1.82, 2.24) is 9.80 Å². The number of halogens is 3. The molecule has 214 valence electrons. The predicted molar refractivity (Wildman–Crippen MR) is 154 cm³/mol. The molecule has 0 unspecified atom stereocenters. The summed E-state index contributed by atoms with van der Waals surface area (Å²) >= 11 is 1.48. The minimum Gasteiger partial charge on any atom is -0.382 e. The predicted octanol–water partition coefficient (Wildman–Crippen LogP) is 4.46. The standard InChI is InChI=1S/C29H41F3N6S/c30-29(31,32)22-18-26(35-23-5-11-36(12-6-23)15-16-37(13-7-33)14-8-34)25-17-21-3-4-24(38-9-1-2-10-38)20-27(21)39-28(25)19-22/h3-4,18-20,23,35H,1-2,5-17,33-34H2. The van der Waals surface area contributed by atoms with E-state index in [2.05, 4.69) is 38.2 Å². The van der Waals surface area contributed by atoms with Crippen LogP contribution >= 0.6 is 11.8 Å². The van der Waals surface area contributed by atoms with Gasteiger partial charge < -0.3 is 26.6 Å². The van der Waals surface area contributed by atoms with E-state index in [-0.39, 0.29) is 6.04 Å². The van der Waals surface area contributed by atoms with E-state index < -0.39 is 11.7 Å². The minimum atomic E-state index is -4.38. The molecule has 0 amide bonds. The van der Waals surface area contributed by atoms with Gasteiger partial charge in [0.15, 0.2) is 0 Å². The Hall–Kier alpha value is -1.98. The van der Waals surface area contributed by atoms with Crippen LogP contribution in [0.3, 0.4) is 0 Å². The third kappa shape index (κ3) is 7.03. The van der Waals surface area contributed by atoms with Gasteiger partial charge in [-0.3, -0.25) is 4.90 Å². The summed E-state index contributed by atoms with van der Waals surface area (Å²) in [5.41, 5.74) is 14.9. The fourth-order valence-corrected chi connectivity index (χ4v) is 7.16. The van der Waals surface area contributed by atoms with E-state index in [0.29, 0.717) is 25.2 Å². The van der Waals surface area contributed by atoms with Gasteiger partial charge in [0.05, 0.1) is 5.56 Å². The maximum Gasteiger partial charge on any atom is 0.416 e. The first-order chi connectivity index (χ1) is 18.8. The Morgan fingerprint density at radius 3 is 2.31 bits per heavy atom. The molecule has 0 aliphatic carbocycles. The second kappa shape index (κ2) is 12.7. The number of benzene rings is 2. The normalized spacial score (nSPS) is 18.5. The van der Waals surface area contributed by atoms with Gasteiger partial charge in [-0.25, -0.2) is 0 Å². The van der Waals surface area contributed by atoms with Crippen molar-refractivity contribution in [3.63, 3.8) is 0 Å². The number of likely N-dealkylation sites (tertiary alicyclic amines) is 1. The lowest BCUT2D eigenvalue weighted by molar-refractivity contribution is -0.137. The van der Waals surface area contributed by atoms with E-state index in [1.807, 2.05) is 0 Å². The molecule has 3 aliphatic heterocycles. The van der Waals surface area contributed by atoms with Crippen molar-refractivity contribution in [2.75, 3.05) is 75.7 Å². The summed E-state index contributed by atoms with van der Waals surface area (Å²) in [7, 11) is 0. The Labute approximate surface area is 234 Å². The molecule has 0 bridgehead atoms. The molecule has 39 heavy (non-hydrogen) atoms. The highest BCUT2D eigenvalue weighted by atomic mass is 32.2. The Morgan fingerprint density at radius 1 is 0.923 bits per heavy atom. The van der Waals surface area contributed by atoms with Crippen LogP contribution in [0.4, 0.5) is 24.5 Å². The fraction of sp³-hybridized carbons (Fsp3) is 0.586.